The monoisotopic (exact) mass is 302 g/mol. The van der Waals surface area contributed by atoms with Gasteiger partial charge in [-0.15, -0.1) is 0 Å². The molecule has 20 heavy (non-hydrogen) atoms. The van der Waals surface area contributed by atoms with E-state index < -0.39 is 0 Å². The standard InChI is InChI=1S/C18H23ClSi/c1-2-13-20-14-11-17(12-15-20)6-4-3-5-16-7-9-18(19)10-8-16/h4,6-10,17,20H,2,11-15H2,1H3/t17-,20-. The van der Waals surface area contributed by atoms with Crippen molar-refractivity contribution in [3.05, 3.63) is 47.0 Å². The third kappa shape index (κ3) is 5.19. The first-order chi connectivity index (χ1) is 9.78. The van der Waals surface area contributed by atoms with Crippen LogP contribution >= 0.6 is 11.6 Å². The maximum Gasteiger partial charge on any atom is 0.0406 e. The van der Waals surface area contributed by atoms with Crippen molar-refractivity contribution in [2.45, 2.75) is 44.3 Å². The Kier molecular flexibility index (Phi) is 6.43. The van der Waals surface area contributed by atoms with Crippen LogP contribution in [0.4, 0.5) is 0 Å². The van der Waals surface area contributed by atoms with E-state index in [0.29, 0.717) is 0 Å². The van der Waals surface area contributed by atoms with Crippen LogP contribution in [0.2, 0.25) is 23.2 Å². The van der Waals surface area contributed by atoms with Gasteiger partial charge in [-0.25, -0.2) is 0 Å². The van der Waals surface area contributed by atoms with Crippen LogP contribution in [0.1, 0.15) is 31.7 Å². The smallest absolute Gasteiger partial charge is 0.0406 e. The molecule has 1 aromatic carbocycles. The topological polar surface area (TPSA) is 0 Å². The van der Waals surface area contributed by atoms with Crippen LogP contribution in [-0.2, 0) is 0 Å². The second-order valence-electron chi connectivity index (χ2n) is 5.70. The zero-order valence-electron chi connectivity index (χ0n) is 12.2. The van der Waals surface area contributed by atoms with Crippen molar-refractivity contribution in [3.8, 4) is 11.8 Å². The van der Waals surface area contributed by atoms with Gasteiger partial charge in [-0.3, -0.25) is 0 Å². The lowest BCUT2D eigenvalue weighted by Gasteiger charge is -2.25. The molecular weight excluding hydrogens is 280 g/mol. The zero-order chi connectivity index (χ0) is 14.2. The Morgan fingerprint density at radius 3 is 2.60 bits per heavy atom. The summed E-state index contributed by atoms with van der Waals surface area (Å²) in [6.07, 6.45) is 8.55. The molecule has 0 bridgehead atoms. The molecular formula is C18H23ClSi. The fourth-order valence-corrected chi connectivity index (χ4v) is 6.53. The molecule has 0 atom stereocenters. The van der Waals surface area contributed by atoms with E-state index in [-0.39, 0.29) is 8.80 Å². The molecule has 1 aromatic rings. The molecule has 2 rings (SSSR count). The first-order valence-electron chi connectivity index (χ1n) is 7.71. The highest BCUT2D eigenvalue weighted by molar-refractivity contribution is 6.58. The summed E-state index contributed by atoms with van der Waals surface area (Å²) in [5, 5.41) is 0.763. The molecule has 1 aliphatic rings. The number of hydrogen-bond donors (Lipinski definition) is 0. The van der Waals surface area contributed by atoms with Crippen LogP contribution in [0.15, 0.2) is 36.4 Å². The summed E-state index contributed by atoms with van der Waals surface area (Å²) in [4.78, 5) is 0. The number of rotatable bonds is 3. The van der Waals surface area contributed by atoms with Crippen molar-refractivity contribution < 1.29 is 0 Å². The maximum atomic E-state index is 5.85. The Morgan fingerprint density at radius 2 is 1.95 bits per heavy atom. The van der Waals surface area contributed by atoms with E-state index in [0.717, 1.165) is 16.5 Å². The van der Waals surface area contributed by atoms with E-state index in [1.54, 1.807) is 6.04 Å². The van der Waals surface area contributed by atoms with Crippen molar-refractivity contribution in [1.82, 2.24) is 0 Å². The molecule has 1 heterocycles. The van der Waals surface area contributed by atoms with Crippen LogP contribution in [0.25, 0.3) is 0 Å². The summed E-state index contributed by atoms with van der Waals surface area (Å²) in [6, 6.07) is 12.3. The molecule has 106 valence electrons. The second-order valence-corrected chi connectivity index (χ2v) is 9.61. The van der Waals surface area contributed by atoms with Gasteiger partial charge in [-0.05, 0) is 49.1 Å². The summed E-state index contributed by atoms with van der Waals surface area (Å²) >= 11 is 5.85. The highest BCUT2D eigenvalue weighted by Crippen LogP contribution is 2.28. The average Bonchev–Trinajstić information content (AvgIpc) is 2.47. The fraction of sp³-hybridized carbons (Fsp3) is 0.444. The molecule has 0 unspecified atom stereocenters. The minimum absolute atomic E-state index is 0.342. The van der Waals surface area contributed by atoms with Crippen molar-refractivity contribution in [2.75, 3.05) is 0 Å². The van der Waals surface area contributed by atoms with Gasteiger partial charge in [0, 0.05) is 19.4 Å². The molecule has 0 amide bonds. The summed E-state index contributed by atoms with van der Waals surface area (Å²) in [5.41, 5.74) is 1.03. The third-order valence-corrected chi connectivity index (χ3v) is 8.05. The first kappa shape index (κ1) is 15.4. The second kappa shape index (κ2) is 8.34. The fourth-order valence-electron chi connectivity index (χ4n) is 2.92. The summed E-state index contributed by atoms with van der Waals surface area (Å²) < 4.78 is 0. The Morgan fingerprint density at radius 1 is 1.25 bits per heavy atom. The van der Waals surface area contributed by atoms with Gasteiger partial charge in [0.05, 0.1) is 0 Å². The lowest BCUT2D eigenvalue weighted by Crippen LogP contribution is -2.19. The van der Waals surface area contributed by atoms with E-state index in [1.165, 1.54) is 31.4 Å². The molecule has 1 saturated heterocycles. The zero-order valence-corrected chi connectivity index (χ0v) is 14.2. The average molecular weight is 303 g/mol. The van der Waals surface area contributed by atoms with Crippen LogP contribution in [0, 0.1) is 17.8 Å². The van der Waals surface area contributed by atoms with E-state index in [9.17, 15) is 0 Å². The highest BCUT2D eigenvalue weighted by Gasteiger charge is 2.19. The molecule has 2 heteroatoms. The predicted octanol–water partition coefficient (Wildman–Crippen LogP) is 5.29. The van der Waals surface area contributed by atoms with Crippen LogP contribution < -0.4 is 0 Å². The van der Waals surface area contributed by atoms with E-state index >= 15 is 0 Å². The Hall–Kier alpha value is -0.973. The van der Waals surface area contributed by atoms with Gasteiger partial charge >= 0.3 is 0 Å². The Bertz CT molecular complexity index is 484. The highest BCUT2D eigenvalue weighted by atomic mass is 35.5. The largest absolute Gasteiger partial charge is 0.0843 e. The van der Waals surface area contributed by atoms with Crippen LogP contribution in [0.5, 0.6) is 0 Å². The minimum Gasteiger partial charge on any atom is -0.0843 e. The number of hydrogen-bond acceptors (Lipinski definition) is 0. The number of halogens is 1. The van der Waals surface area contributed by atoms with Gasteiger partial charge in [0.1, 0.15) is 0 Å². The molecule has 0 nitrogen and oxygen atoms in total. The lowest BCUT2D eigenvalue weighted by molar-refractivity contribution is 0.572. The predicted molar refractivity (Wildman–Crippen MR) is 92.1 cm³/mol. The van der Waals surface area contributed by atoms with Gasteiger partial charge in [-0.2, -0.15) is 0 Å². The molecule has 1 aliphatic heterocycles. The van der Waals surface area contributed by atoms with Crippen LogP contribution in [-0.4, -0.2) is 8.80 Å². The molecule has 0 N–H and O–H groups in total. The lowest BCUT2D eigenvalue weighted by atomic mass is 10.0. The Labute approximate surface area is 129 Å². The molecule has 0 saturated carbocycles. The summed E-state index contributed by atoms with van der Waals surface area (Å²) in [7, 11) is -0.342. The molecule has 0 aliphatic carbocycles. The van der Waals surface area contributed by atoms with Crippen molar-refractivity contribution in [1.29, 1.82) is 0 Å². The number of benzene rings is 1. The maximum absolute atomic E-state index is 5.85. The number of allylic oxidation sites excluding steroid dienone is 2. The van der Waals surface area contributed by atoms with Crippen LogP contribution in [0.3, 0.4) is 0 Å². The Balaban J connectivity index is 1.79. The van der Waals surface area contributed by atoms with Gasteiger partial charge < -0.3 is 0 Å². The molecule has 1 fully saturated rings. The van der Waals surface area contributed by atoms with Crippen molar-refractivity contribution in [2.24, 2.45) is 5.92 Å². The normalized spacial score (nSPS) is 22.5. The first-order valence-corrected chi connectivity index (χ1v) is 10.5. The van der Waals surface area contributed by atoms with Gasteiger partial charge in [0.2, 0.25) is 0 Å². The molecule has 0 radical (unpaired) electrons. The van der Waals surface area contributed by atoms with Crippen molar-refractivity contribution in [3.63, 3.8) is 0 Å². The van der Waals surface area contributed by atoms with Gasteiger partial charge in [-0.1, -0.05) is 61.0 Å². The molecule has 0 aromatic heterocycles. The molecule has 0 spiro atoms. The van der Waals surface area contributed by atoms with Crippen molar-refractivity contribution >= 4 is 20.4 Å². The van der Waals surface area contributed by atoms with E-state index in [4.69, 9.17) is 11.6 Å². The van der Waals surface area contributed by atoms with E-state index in [1.807, 2.05) is 30.3 Å². The minimum atomic E-state index is -0.342. The van der Waals surface area contributed by atoms with Gasteiger partial charge in [0.15, 0.2) is 0 Å². The van der Waals surface area contributed by atoms with Gasteiger partial charge in [0.25, 0.3) is 0 Å². The summed E-state index contributed by atoms with van der Waals surface area (Å²) in [6.45, 7) is 2.32. The summed E-state index contributed by atoms with van der Waals surface area (Å²) in [5.74, 6) is 7.07. The SMILES string of the molecule is CCC[Si@H]1CC[C@H](C=CC#Cc2ccc(Cl)cc2)CC1. The quantitative estimate of drug-likeness (QED) is 0.525. The van der Waals surface area contributed by atoms with E-state index in [2.05, 4.69) is 24.8 Å². The third-order valence-electron chi connectivity index (χ3n) is 4.10.